The minimum absolute atomic E-state index is 0.0394. The molecule has 0 aliphatic carbocycles. The van der Waals surface area contributed by atoms with Crippen molar-refractivity contribution in [2.45, 2.75) is 38.4 Å². The van der Waals surface area contributed by atoms with Gasteiger partial charge in [-0.3, -0.25) is 9.69 Å². The maximum Gasteiger partial charge on any atom is 0.169 e. The molecule has 2 saturated heterocycles. The summed E-state index contributed by atoms with van der Waals surface area (Å²) in [5, 5.41) is 0. The number of carbonyl (C=O) groups excluding carboxylic acids is 1. The summed E-state index contributed by atoms with van der Waals surface area (Å²) in [4.78, 5) is 15.8. The van der Waals surface area contributed by atoms with Crippen LogP contribution in [0.15, 0.2) is 54.6 Å². The quantitative estimate of drug-likeness (QED) is 0.727. The number of piperidine rings is 1. The molecule has 2 aliphatic heterocycles. The van der Waals surface area contributed by atoms with E-state index in [-0.39, 0.29) is 11.7 Å². The Morgan fingerprint density at radius 3 is 2.41 bits per heavy atom. The number of ketones is 1. The van der Waals surface area contributed by atoms with Crippen molar-refractivity contribution in [1.29, 1.82) is 0 Å². The zero-order chi connectivity index (χ0) is 18.6. The molecule has 2 heterocycles. The van der Waals surface area contributed by atoms with E-state index in [9.17, 15) is 4.79 Å². The van der Waals surface area contributed by atoms with Gasteiger partial charge in [-0.2, -0.15) is 0 Å². The molecule has 2 unspecified atom stereocenters. The topological polar surface area (TPSA) is 38.8 Å². The van der Waals surface area contributed by atoms with E-state index in [0.717, 1.165) is 24.9 Å². The molecule has 4 rings (SSSR count). The third-order valence-electron chi connectivity index (χ3n) is 5.70. The van der Waals surface area contributed by atoms with E-state index in [1.54, 1.807) is 0 Å². The van der Waals surface area contributed by atoms with Crippen LogP contribution in [0.4, 0.5) is 0 Å². The second-order valence-corrected chi connectivity index (χ2v) is 7.46. The highest BCUT2D eigenvalue weighted by Gasteiger charge is 2.41. The highest BCUT2D eigenvalue weighted by molar-refractivity contribution is 6.00. The number of rotatable bonds is 6. The molecule has 0 saturated carbocycles. The predicted octanol–water partition coefficient (Wildman–Crippen LogP) is 3.95. The zero-order valence-electron chi connectivity index (χ0n) is 15.8. The first kappa shape index (κ1) is 18.2. The first-order chi connectivity index (χ1) is 13.3. The molecule has 0 spiro atoms. The van der Waals surface area contributed by atoms with Gasteiger partial charge in [0.25, 0.3) is 0 Å². The van der Waals surface area contributed by atoms with E-state index >= 15 is 0 Å². The van der Waals surface area contributed by atoms with Crippen LogP contribution in [-0.4, -0.2) is 42.6 Å². The SMILES string of the molecule is CCOc1ccccc1C(=O)C1CC2COCC(C1)N2Cc1ccccc1. The largest absolute Gasteiger partial charge is 0.493 e. The van der Waals surface area contributed by atoms with Gasteiger partial charge in [0.1, 0.15) is 5.75 Å². The lowest BCUT2D eigenvalue weighted by atomic mass is 9.80. The van der Waals surface area contributed by atoms with E-state index < -0.39 is 0 Å². The molecule has 2 fully saturated rings. The summed E-state index contributed by atoms with van der Waals surface area (Å²) in [6, 6.07) is 18.8. The second-order valence-electron chi connectivity index (χ2n) is 7.46. The van der Waals surface area contributed by atoms with Crippen molar-refractivity contribution < 1.29 is 14.3 Å². The van der Waals surface area contributed by atoms with Gasteiger partial charge >= 0.3 is 0 Å². The minimum atomic E-state index is 0.0394. The number of hydrogen-bond donors (Lipinski definition) is 0. The predicted molar refractivity (Wildman–Crippen MR) is 105 cm³/mol. The average Bonchev–Trinajstić information content (AvgIpc) is 2.69. The fraction of sp³-hybridized carbons (Fsp3) is 0.435. The van der Waals surface area contributed by atoms with Crippen LogP contribution >= 0.6 is 0 Å². The van der Waals surface area contributed by atoms with E-state index in [0.29, 0.717) is 37.7 Å². The molecule has 0 radical (unpaired) electrons. The lowest BCUT2D eigenvalue weighted by Gasteiger charge is -2.48. The summed E-state index contributed by atoms with van der Waals surface area (Å²) in [5.74, 6) is 0.964. The Bertz CT molecular complexity index is 762. The van der Waals surface area contributed by atoms with Gasteiger partial charge in [0.05, 0.1) is 25.4 Å². The number of ether oxygens (including phenoxy) is 2. The van der Waals surface area contributed by atoms with Crippen LogP contribution in [0.2, 0.25) is 0 Å². The van der Waals surface area contributed by atoms with Crippen molar-refractivity contribution in [3.05, 3.63) is 65.7 Å². The first-order valence-electron chi connectivity index (χ1n) is 9.89. The Labute approximate surface area is 161 Å². The van der Waals surface area contributed by atoms with E-state index in [1.807, 2.05) is 37.3 Å². The van der Waals surface area contributed by atoms with Crippen LogP contribution in [0.1, 0.15) is 35.7 Å². The first-order valence-corrected chi connectivity index (χ1v) is 9.89. The van der Waals surface area contributed by atoms with Gasteiger partial charge in [0.2, 0.25) is 0 Å². The lowest BCUT2D eigenvalue weighted by molar-refractivity contribution is -0.0873. The van der Waals surface area contributed by atoms with Crippen molar-refractivity contribution in [1.82, 2.24) is 4.90 Å². The molecule has 27 heavy (non-hydrogen) atoms. The normalized spacial score (nSPS) is 25.1. The number of fused-ring (bicyclic) bond motifs is 2. The highest BCUT2D eigenvalue weighted by atomic mass is 16.5. The molecule has 0 N–H and O–H groups in total. The zero-order valence-corrected chi connectivity index (χ0v) is 15.8. The smallest absolute Gasteiger partial charge is 0.169 e. The minimum Gasteiger partial charge on any atom is -0.493 e. The Hall–Kier alpha value is -2.17. The summed E-state index contributed by atoms with van der Waals surface area (Å²) in [6.07, 6.45) is 1.70. The van der Waals surface area contributed by atoms with Crippen LogP contribution in [0.25, 0.3) is 0 Å². The third kappa shape index (κ3) is 3.92. The fourth-order valence-corrected chi connectivity index (χ4v) is 4.43. The van der Waals surface area contributed by atoms with Crippen LogP contribution in [0.3, 0.4) is 0 Å². The van der Waals surface area contributed by atoms with Crippen LogP contribution in [-0.2, 0) is 11.3 Å². The van der Waals surface area contributed by atoms with Crippen molar-refractivity contribution in [3.63, 3.8) is 0 Å². The summed E-state index contributed by atoms with van der Waals surface area (Å²) < 4.78 is 11.5. The van der Waals surface area contributed by atoms with Crippen LogP contribution < -0.4 is 4.74 Å². The number of hydrogen-bond acceptors (Lipinski definition) is 4. The Kier molecular flexibility index (Phi) is 5.55. The van der Waals surface area contributed by atoms with Gasteiger partial charge in [0, 0.05) is 24.5 Å². The van der Waals surface area contributed by atoms with Gasteiger partial charge in [-0.25, -0.2) is 0 Å². The second kappa shape index (κ2) is 8.24. The van der Waals surface area contributed by atoms with E-state index in [1.165, 1.54) is 5.56 Å². The molecule has 2 atom stereocenters. The van der Waals surface area contributed by atoms with Crippen molar-refractivity contribution in [2.75, 3.05) is 19.8 Å². The molecule has 2 aliphatic rings. The monoisotopic (exact) mass is 365 g/mol. The Balaban J connectivity index is 1.51. The third-order valence-corrected chi connectivity index (χ3v) is 5.70. The molecule has 4 nitrogen and oxygen atoms in total. The maximum absolute atomic E-state index is 13.3. The molecular formula is C23H27NO3. The molecule has 4 heteroatoms. The molecular weight excluding hydrogens is 338 g/mol. The van der Waals surface area contributed by atoms with Gasteiger partial charge in [0.15, 0.2) is 5.78 Å². The average molecular weight is 365 g/mol. The number of Topliss-reactive ketones (excluding diaryl/α,β-unsaturated/α-hetero) is 1. The molecule has 2 aromatic carbocycles. The molecule has 0 aromatic heterocycles. The molecule has 2 bridgehead atoms. The number of morpholine rings is 1. The standard InChI is InChI=1S/C23H27NO3/c1-2-27-22-11-7-6-10-21(22)23(25)18-12-19-15-26-16-20(13-18)24(19)14-17-8-4-3-5-9-17/h3-11,18-20H,2,12-16H2,1H3. The number of carbonyl (C=O) groups is 1. The summed E-state index contributed by atoms with van der Waals surface area (Å²) in [7, 11) is 0. The van der Waals surface area contributed by atoms with Crippen LogP contribution in [0, 0.1) is 5.92 Å². The summed E-state index contributed by atoms with van der Waals surface area (Å²) in [5.41, 5.74) is 2.04. The lowest BCUT2D eigenvalue weighted by Crippen LogP contribution is -2.57. The number of nitrogens with zero attached hydrogens (tertiary/aromatic N) is 1. The van der Waals surface area contributed by atoms with E-state index in [4.69, 9.17) is 9.47 Å². The summed E-state index contributed by atoms with van der Waals surface area (Å²) >= 11 is 0. The van der Waals surface area contributed by atoms with Crippen LogP contribution in [0.5, 0.6) is 5.75 Å². The summed E-state index contributed by atoms with van der Waals surface area (Å²) in [6.45, 7) is 4.86. The fourth-order valence-electron chi connectivity index (χ4n) is 4.43. The highest BCUT2D eigenvalue weighted by Crippen LogP contribution is 2.36. The molecule has 2 aromatic rings. The number of para-hydroxylation sites is 1. The molecule has 142 valence electrons. The van der Waals surface area contributed by atoms with E-state index in [2.05, 4.69) is 29.2 Å². The van der Waals surface area contributed by atoms with Crippen molar-refractivity contribution in [3.8, 4) is 5.75 Å². The Morgan fingerprint density at radius 2 is 1.70 bits per heavy atom. The number of benzene rings is 2. The van der Waals surface area contributed by atoms with Crippen molar-refractivity contribution >= 4 is 5.78 Å². The van der Waals surface area contributed by atoms with Gasteiger partial charge < -0.3 is 9.47 Å². The van der Waals surface area contributed by atoms with Gasteiger partial charge in [-0.1, -0.05) is 42.5 Å². The Morgan fingerprint density at radius 1 is 1.04 bits per heavy atom. The maximum atomic E-state index is 13.3. The van der Waals surface area contributed by atoms with Gasteiger partial charge in [-0.05, 0) is 37.5 Å². The molecule has 0 amide bonds. The van der Waals surface area contributed by atoms with Gasteiger partial charge in [-0.15, -0.1) is 0 Å². The van der Waals surface area contributed by atoms with Crippen molar-refractivity contribution in [2.24, 2.45) is 5.92 Å².